The zero-order chi connectivity index (χ0) is 54.3. The first-order valence-corrected chi connectivity index (χ1v) is 32.1. The van der Waals surface area contributed by atoms with Crippen LogP contribution in [0.15, 0.2) is 85.1 Å². The molecule has 0 amide bonds. The normalized spacial score (nSPS) is 12.6. The van der Waals surface area contributed by atoms with Gasteiger partial charge < -0.3 is 14.2 Å². The van der Waals surface area contributed by atoms with Gasteiger partial charge in [-0.3, -0.25) is 14.4 Å². The van der Waals surface area contributed by atoms with E-state index >= 15 is 0 Å². The smallest absolute Gasteiger partial charge is 0.306 e. The average Bonchev–Trinajstić information content (AvgIpc) is 3.41. The highest BCUT2D eigenvalue weighted by Crippen LogP contribution is 2.17. The Balaban J connectivity index is 4.30. The highest BCUT2D eigenvalue weighted by atomic mass is 16.6. The molecule has 0 aromatic heterocycles. The predicted octanol–water partition coefficient (Wildman–Crippen LogP) is 21.9. The van der Waals surface area contributed by atoms with Gasteiger partial charge in [-0.15, -0.1) is 0 Å². The van der Waals surface area contributed by atoms with Gasteiger partial charge in [0.15, 0.2) is 6.10 Å². The van der Waals surface area contributed by atoms with Crippen LogP contribution in [-0.2, 0) is 28.6 Å². The Labute approximate surface area is 465 Å². The van der Waals surface area contributed by atoms with Crippen molar-refractivity contribution in [1.82, 2.24) is 0 Å². The molecule has 0 N–H and O–H groups in total. The molecule has 0 bridgehead atoms. The molecule has 0 radical (unpaired) electrons. The molecule has 1 atom stereocenters. The number of hydrogen-bond donors (Lipinski definition) is 0. The van der Waals surface area contributed by atoms with E-state index in [9.17, 15) is 14.4 Å². The molecule has 1 unspecified atom stereocenters. The minimum absolute atomic E-state index is 0.0804. The fourth-order valence-electron chi connectivity index (χ4n) is 9.09. The Morgan fingerprint density at radius 2 is 0.520 bits per heavy atom. The van der Waals surface area contributed by atoms with Crippen molar-refractivity contribution in [1.29, 1.82) is 0 Å². The van der Waals surface area contributed by atoms with Gasteiger partial charge in [-0.2, -0.15) is 0 Å². The molecule has 6 heteroatoms. The van der Waals surface area contributed by atoms with E-state index in [4.69, 9.17) is 14.2 Å². The van der Waals surface area contributed by atoms with Gasteiger partial charge in [0, 0.05) is 19.3 Å². The lowest BCUT2D eigenvalue weighted by atomic mass is 10.0. The number of allylic oxidation sites excluding steroid dienone is 14. The lowest BCUT2D eigenvalue weighted by Crippen LogP contribution is -2.30. The molecule has 0 saturated heterocycles. The van der Waals surface area contributed by atoms with Gasteiger partial charge in [0.2, 0.25) is 0 Å². The molecule has 0 saturated carbocycles. The number of ether oxygens (including phenoxy) is 3. The summed E-state index contributed by atoms with van der Waals surface area (Å²) in [5.41, 5.74) is 0. The Morgan fingerprint density at radius 3 is 0.853 bits per heavy atom. The molecule has 0 fully saturated rings. The monoisotopic (exact) mass is 1040 g/mol. The summed E-state index contributed by atoms with van der Waals surface area (Å²) in [5.74, 6) is -0.883. The highest BCUT2D eigenvalue weighted by molar-refractivity contribution is 5.71. The fourth-order valence-corrected chi connectivity index (χ4v) is 9.09. The maximum Gasteiger partial charge on any atom is 0.306 e. The van der Waals surface area contributed by atoms with Crippen LogP contribution in [0.2, 0.25) is 0 Å². The SMILES string of the molecule is CC/C=C\C/C=C\C/C=C\C/C=C\C/C=C\C/C=C\CCCCCCCCCCC(=O)OCC(COC(=O)CCCCCCC/C=C\CCCCC)OC(=O)CCCCCCCCCCCCCCCCCCCC. The zero-order valence-corrected chi connectivity index (χ0v) is 49.6. The van der Waals surface area contributed by atoms with Crippen LogP contribution in [0.5, 0.6) is 0 Å². The molecule has 0 spiro atoms. The van der Waals surface area contributed by atoms with E-state index in [1.54, 1.807) is 0 Å². The summed E-state index contributed by atoms with van der Waals surface area (Å²) >= 11 is 0. The van der Waals surface area contributed by atoms with Gasteiger partial charge in [0.05, 0.1) is 0 Å². The summed E-state index contributed by atoms with van der Waals surface area (Å²) in [7, 11) is 0. The van der Waals surface area contributed by atoms with Crippen LogP contribution in [0, 0.1) is 0 Å². The molecule has 0 rings (SSSR count). The van der Waals surface area contributed by atoms with Crippen LogP contribution in [0.25, 0.3) is 0 Å². The lowest BCUT2D eigenvalue weighted by molar-refractivity contribution is -0.167. The molecule has 0 aliphatic rings. The van der Waals surface area contributed by atoms with Crippen LogP contribution in [0.1, 0.15) is 316 Å². The van der Waals surface area contributed by atoms with E-state index in [0.29, 0.717) is 19.3 Å². The first-order chi connectivity index (χ1) is 37.0. The zero-order valence-electron chi connectivity index (χ0n) is 49.6. The summed E-state index contributed by atoms with van der Waals surface area (Å²) < 4.78 is 16.9. The summed E-state index contributed by atoms with van der Waals surface area (Å²) in [4.78, 5) is 38.3. The molecule has 0 aromatic carbocycles. The van der Waals surface area contributed by atoms with E-state index in [1.807, 2.05) is 0 Å². The van der Waals surface area contributed by atoms with Crippen molar-refractivity contribution in [2.24, 2.45) is 0 Å². The van der Waals surface area contributed by atoms with Crippen LogP contribution in [0.3, 0.4) is 0 Å². The number of rotatable bonds is 58. The number of unbranched alkanes of at least 4 members (excludes halogenated alkanes) is 33. The second-order valence-corrected chi connectivity index (χ2v) is 21.3. The third-order valence-corrected chi connectivity index (χ3v) is 13.9. The second-order valence-electron chi connectivity index (χ2n) is 21.3. The number of hydrogen-bond acceptors (Lipinski definition) is 6. The van der Waals surface area contributed by atoms with Crippen molar-refractivity contribution in [3.8, 4) is 0 Å². The summed E-state index contributed by atoms with van der Waals surface area (Å²) in [6.07, 6.45) is 83.0. The first kappa shape index (κ1) is 71.6. The lowest BCUT2D eigenvalue weighted by Gasteiger charge is -2.18. The minimum Gasteiger partial charge on any atom is -0.462 e. The number of carbonyl (C=O) groups is 3. The van der Waals surface area contributed by atoms with Crippen LogP contribution in [-0.4, -0.2) is 37.2 Å². The van der Waals surface area contributed by atoms with Gasteiger partial charge >= 0.3 is 17.9 Å². The third kappa shape index (κ3) is 61.3. The standard InChI is InChI=1S/C69H120O6/c1-4-7-10-13-16-19-22-25-27-29-31-32-33-34-35-36-37-38-39-41-42-44-47-50-53-56-59-62-68(71)74-65-66(64-73-67(70)61-58-55-52-49-46-24-21-18-15-12-9-6-3)75-69(72)63-60-57-54-51-48-45-43-40-30-28-26-23-20-17-14-11-8-5-2/h7,10,16,18-19,21,25,27,31-32,34-35,37-38,66H,4-6,8-9,11-15,17,20,22-24,26,28-30,33,36,39-65H2,1-3H3/b10-7-,19-16-,21-18-,27-25-,32-31-,35-34-,38-37-. The van der Waals surface area contributed by atoms with Gasteiger partial charge in [-0.05, 0) is 96.3 Å². The summed E-state index contributed by atoms with van der Waals surface area (Å²) in [6.45, 7) is 6.52. The molecule has 6 nitrogen and oxygen atoms in total. The summed E-state index contributed by atoms with van der Waals surface area (Å²) in [6, 6.07) is 0. The van der Waals surface area contributed by atoms with E-state index in [2.05, 4.69) is 106 Å². The van der Waals surface area contributed by atoms with Gasteiger partial charge in [-0.25, -0.2) is 0 Å². The quantitative estimate of drug-likeness (QED) is 0.0261. The average molecular weight is 1050 g/mol. The topological polar surface area (TPSA) is 78.9 Å². The maximum atomic E-state index is 12.9. The van der Waals surface area contributed by atoms with Crippen molar-refractivity contribution >= 4 is 17.9 Å². The molecule has 0 aliphatic carbocycles. The van der Waals surface area contributed by atoms with Crippen molar-refractivity contribution in [3.05, 3.63) is 85.1 Å². The van der Waals surface area contributed by atoms with Crippen LogP contribution in [0.4, 0.5) is 0 Å². The Bertz CT molecular complexity index is 1430. The van der Waals surface area contributed by atoms with E-state index in [1.165, 1.54) is 167 Å². The Morgan fingerprint density at radius 1 is 0.280 bits per heavy atom. The maximum absolute atomic E-state index is 12.9. The molecule has 0 aromatic rings. The third-order valence-electron chi connectivity index (χ3n) is 13.9. The molecule has 432 valence electrons. The minimum atomic E-state index is -0.782. The van der Waals surface area contributed by atoms with Crippen LogP contribution >= 0.6 is 0 Å². The first-order valence-electron chi connectivity index (χ1n) is 32.1. The molecule has 0 heterocycles. The molecule has 0 aliphatic heterocycles. The van der Waals surface area contributed by atoms with Crippen molar-refractivity contribution < 1.29 is 28.6 Å². The molecule has 75 heavy (non-hydrogen) atoms. The fraction of sp³-hybridized carbons (Fsp3) is 0.754. The number of carbonyl (C=O) groups excluding carboxylic acids is 3. The largest absolute Gasteiger partial charge is 0.462 e. The number of esters is 3. The van der Waals surface area contributed by atoms with Crippen molar-refractivity contribution in [3.63, 3.8) is 0 Å². The van der Waals surface area contributed by atoms with E-state index in [-0.39, 0.29) is 31.1 Å². The van der Waals surface area contributed by atoms with E-state index in [0.717, 1.165) is 109 Å². The summed E-state index contributed by atoms with van der Waals surface area (Å²) in [5, 5.41) is 0. The van der Waals surface area contributed by atoms with Gasteiger partial charge in [0.1, 0.15) is 13.2 Å². The van der Waals surface area contributed by atoms with Gasteiger partial charge in [0.25, 0.3) is 0 Å². The van der Waals surface area contributed by atoms with E-state index < -0.39 is 6.10 Å². The van der Waals surface area contributed by atoms with Crippen molar-refractivity contribution in [2.45, 2.75) is 322 Å². The van der Waals surface area contributed by atoms with Gasteiger partial charge in [-0.1, -0.05) is 286 Å². The molecular weight excluding hydrogens is 925 g/mol. The molecular formula is C69H120O6. The Hall–Kier alpha value is -3.41. The Kier molecular flexibility index (Phi) is 60.3. The second kappa shape index (κ2) is 63.1. The highest BCUT2D eigenvalue weighted by Gasteiger charge is 2.19. The van der Waals surface area contributed by atoms with Crippen molar-refractivity contribution in [2.75, 3.05) is 13.2 Å². The van der Waals surface area contributed by atoms with Crippen LogP contribution < -0.4 is 0 Å². The predicted molar refractivity (Wildman–Crippen MR) is 325 cm³/mol.